The highest BCUT2D eigenvalue weighted by Gasteiger charge is 2.26. The highest BCUT2D eigenvalue weighted by molar-refractivity contribution is 14.1. The molecule has 0 spiro atoms. The molecule has 0 N–H and O–H groups in total. The van der Waals surface area contributed by atoms with E-state index in [-0.39, 0.29) is 11.4 Å². The molecule has 0 saturated carbocycles. The molecule has 0 radical (unpaired) electrons. The maximum absolute atomic E-state index is 13.3. The second-order valence-electron chi connectivity index (χ2n) is 5.88. The highest BCUT2D eigenvalue weighted by atomic mass is 127. The Balaban J connectivity index is 1.97. The Morgan fingerprint density at radius 3 is 2.23 bits per heavy atom. The number of anilines is 1. The van der Waals surface area contributed by atoms with Crippen molar-refractivity contribution in [3.8, 4) is 0 Å². The van der Waals surface area contributed by atoms with Crippen LogP contribution in [0.1, 0.15) is 0 Å². The molecule has 0 amide bonds. The number of hydrogen-bond acceptors (Lipinski definition) is 2. The summed E-state index contributed by atoms with van der Waals surface area (Å²) in [5.41, 5.74) is 1.46. The van der Waals surface area contributed by atoms with Gasteiger partial charge >= 0.3 is 0 Å². The molecule has 134 valence electrons. The number of rotatable bonds is 7. The van der Waals surface area contributed by atoms with E-state index in [2.05, 4.69) is 29.2 Å². The van der Waals surface area contributed by atoms with Gasteiger partial charge in [-0.2, -0.15) is 0 Å². The molecular weight excluding hydrogens is 459 g/mol. The van der Waals surface area contributed by atoms with Gasteiger partial charge in [-0.3, -0.25) is 4.31 Å². The summed E-state index contributed by atoms with van der Waals surface area (Å²) in [5.74, 6) is 0. The van der Waals surface area contributed by atoms with Crippen LogP contribution >= 0.6 is 22.6 Å². The molecule has 3 aromatic rings. The molecule has 6 heteroatoms. The molecule has 0 bridgehead atoms. The summed E-state index contributed by atoms with van der Waals surface area (Å²) in [7, 11) is -3.69. The SMILES string of the molecule is C=C(CN(c1ccccc1I)S(=O)(=O)c1ccccc1)Cn1cccc1. The first kappa shape index (κ1) is 18.7. The van der Waals surface area contributed by atoms with E-state index < -0.39 is 10.0 Å². The Morgan fingerprint density at radius 1 is 0.962 bits per heavy atom. The van der Waals surface area contributed by atoms with Crippen molar-refractivity contribution in [3.05, 3.63) is 94.8 Å². The van der Waals surface area contributed by atoms with Gasteiger partial charge in [0.15, 0.2) is 0 Å². The average molecular weight is 478 g/mol. The number of benzene rings is 2. The molecule has 0 atom stereocenters. The van der Waals surface area contributed by atoms with Crippen LogP contribution < -0.4 is 4.31 Å². The molecule has 1 heterocycles. The number of hydrogen-bond donors (Lipinski definition) is 0. The number of nitrogens with zero attached hydrogens (tertiary/aromatic N) is 2. The van der Waals surface area contributed by atoms with Crippen molar-refractivity contribution in [3.63, 3.8) is 0 Å². The molecule has 0 saturated heterocycles. The lowest BCUT2D eigenvalue weighted by Gasteiger charge is -2.26. The normalized spacial score (nSPS) is 11.3. The van der Waals surface area contributed by atoms with Gasteiger partial charge in [-0.15, -0.1) is 0 Å². The van der Waals surface area contributed by atoms with Crippen molar-refractivity contribution in [1.29, 1.82) is 0 Å². The van der Waals surface area contributed by atoms with Gasteiger partial charge in [0, 0.05) is 22.5 Å². The zero-order valence-corrected chi connectivity index (χ0v) is 17.1. The van der Waals surface area contributed by atoms with Crippen LogP contribution in [0.25, 0.3) is 0 Å². The van der Waals surface area contributed by atoms with Crippen molar-refractivity contribution < 1.29 is 8.42 Å². The van der Waals surface area contributed by atoms with Gasteiger partial charge in [-0.25, -0.2) is 8.42 Å². The van der Waals surface area contributed by atoms with E-state index in [9.17, 15) is 8.42 Å². The first-order valence-electron chi connectivity index (χ1n) is 8.08. The quantitative estimate of drug-likeness (QED) is 0.370. The lowest BCUT2D eigenvalue weighted by molar-refractivity contribution is 0.591. The van der Waals surface area contributed by atoms with Crippen LogP contribution in [0, 0.1) is 3.57 Å². The van der Waals surface area contributed by atoms with Crippen LogP contribution in [-0.2, 0) is 16.6 Å². The van der Waals surface area contributed by atoms with Crippen LogP contribution in [-0.4, -0.2) is 19.5 Å². The van der Waals surface area contributed by atoms with E-state index in [0.29, 0.717) is 12.2 Å². The maximum Gasteiger partial charge on any atom is 0.264 e. The van der Waals surface area contributed by atoms with Crippen LogP contribution in [0.15, 0.2) is 96.2 Å². The van der Waals surface area contributed by atoms with Crippen LogP contribution in [0.2, 0.25) is 0 Å². The van der Waals surface area contributed by atoms with Gasteiger partial charge in [-0.1, -0.05) is 36.9 Å². The van der Waals surface area contributed by atoms with Gasteiger partial charge in [-0.05, 0) is 64.6 Å². The minimum atomic E-state index is -3.69. The monoisotopic (exact) mass is 478 g/mol. The van der Waals surface area contributed by atoms with Gasteiger partial charge < -0.3 is 4.57 Å². The molecule has 0 aliphatic carbocycles. The maximum atomic E-state index is 13.3. The molecular formula is C20H19IN2O2S. The van der Waals surface area contributed by atoms with Crippen molar-refractivity contribution >= 4 is 38.3 Å². The molecule has 1 aromatic heterocycles. The average Bonchev–Trinajstić information content (AvgIpc) is 3.14. The smallest absolute Gasteiger partial charge is 0.264 e. The predicted octanol–water partition coefficient (Wildman–Crippen LogP) is 4.54. The zero-order chi connectivity index (χ0) is 18.6. The third kappa shape index (κ3) is 4.19. The number of sulfonamides is 1. The van der Waals surface area contributed by atoms with Crippen LogP contribution in [0.4, 0.5) is 5.69 Å². The van der Waals surface area contributed by atoms with Gasteiger partial charge in [0.2, 0.25) is 0 Å². The first-order valence-corrected chi connectivity index (χ1v) is 10.6. The van der Waals surface area contributed by atoms with E-state index in [1.807, 2.05) is 53.4 Å². The topological polar surface area (TPSA) is 42.3 Å². The third-order valence-corrected chi connectivity index (χ3v) is 6.58. The molecule has 0 aliphatic heterocycles. The summed E-state index contributed by atoms with van der Waals surface area (Å²) in [6.07, 6.45) is 3.88. The highest BCUT2D eigenvalue weighted by Crippen LogP contribution is 2.29. The van der Waals surface area contributed by atoms with Crippen molar-refractivity contribution in [2.24, 2.45) is 0 Å². The van der Waals surface area contributed by atoms with Gasteiger partial charge in [0.25, 0.3) is 10.0 Å². The fourth-order valence-corrected chi connectivity index (χ4v) is 5.03. The minimum Gasteiger partial charge on any atom is -0.350 e. The van der Waals surface area contributed by atoms with E-state index in [0.717, 1.165) is 9.14 Å². The van der Waals surface area contributed by atoms with E-state index in [1.165, 1.54) is 4.31 Å². The molecule has 0 fully saturated rings. The minimum absolute atomic E-state index is 0.218. The standard InChI is InChI=1S/C20H19IN2O2S/c1-17(15-22-13-7-8-14-22)16-23(20-12-6-5-11-19(20)21)26(24,25)18-9-3-2-4-10-18/h2-14H,1,15-16H2. The largest absolute Gasteiger partial charge is 0.350 e. The summed E-state index contributed by atoms with van der Waals surface area (Å²) in [6.45, 7) is 4.89. The van der Waals surface area contributed by atoms with E-state index in [1.54, 1.807) is 30.3 Å². The number of aromatic nitrogens is 1. The molecule has 4 nitrogen and oxygen atoms in total. The van der Waals surface area contributed by atoms with E-state index in [4.69, 9.17) is 0 Å². The lowest BCUT2D eigenvalue weighted by atomic mass is 10.2. The van der Waals surface area contributed by atoms with Gasteiger partial charge in [0.05, 0.1) is 17.1 Å². The van der Waals surface area contributed by atoms with Crippen LogP contribution in [0.5, 0.6) is 0 Å². The fourth-order valence-electron chi connectivity index (χ4n) is 2.66. The Hall–Kier alpha value is -2.06. The molecule has 26 heavy (non-hydrogen) atoms. The lowest BCUT2D eigenvalue weighted by Crippen LogP contribution is -2.34. The van der Waals surface area contributed by atoms with Gasteiger partial charge in [0.1, 0.15) is 0 Å². The van der Waals surface area contributed by atoms with Crippen LogP contribution in [0.3, 0.4) is 0 Å². The van der Waals surface area contributed by atoms with Crippen molar-refractivity contribution in [2.45, 2.75) is 11.4 Å². The summed E-state index contributed by atoms with van der Waals surface area (Å²) < 4.78 is 30.9. The van der Waals surface area contributed by atoms with E-state index >= 15 is 0 Å². The third-order valence-electron chi connectivity index (χ3n) is 3.89. The molecule has 0 aliphatic rings. The van der Waals surface area contributed by atoms with Crippen molar-refractivity contribution in [2.75, 3.05) is 10.8 Å². The number of halogens is 1. The second-order valence-corrected chi connectivity index (χ2v) is 8.91. The fraction of sp³-hybridized carbons (Fsp3) is 0.100. The zero-order valence-electron chi connectivity index (χ0n) is 14.1. The molecule has 2 aromatic carbocycles. The Bertz CT molecular complexity index is 984. The van der Waals surface area contributed by atoms with Crippen molar-refractivity contribution in [1.82, 2.24) is 4.57 Å². The Kier molecular flexibility index (Phi) is 5.83. The Morgan fingerprint density at radius 2 is 1.58 bits per heavy atom. The number of para-hydroxylation sites is 1. The second kappa shape index (κ2) is 8.09. The summed E-state index contributed by atoms with van der Waals surface area (Å²) in [6, 6.07) is 19.8. The molecule has 3 rings (SSSR count). The first-order chi connectivity index (χ1) is 12.5. The summed E-state index contributed by atoms with van der Waals surface area (Å²) >= 11 is 2.16. The molecule has 0 unspecified atom stereocenters. The Labute approximate surface area is 168 Å². The summed E-state index contributed by atoms with van der Waals surface area (Å²) in [4.78, 5) is 0.272. The summed E-state index contributed by atoms with van der Waals surface area (Å²) in [5, 5.41) is 0. The predicted molar refractivity (Wildman–Crippen MR) is 114 cm³/mol.